The van der Waals surface area contributed by atoms with Gasteiger partial charge in [-0.1, -0.05) is 16.1 Å². The molecule has 0 aliphatic heterocycles. The van der Waals surface area contributed by atoms with Gasteiger partial charge in [0, 0.05) is 18.1 Å². The van der Waals surface area contributed by atoms with E-state index in [0.29, 0.717) is 16.6 Å². The fourth-order valence-electron chi connectivity index (χ4n) is 0.319. The molecule has 3 nitrogen and oxygen atoms in total. The number of rotatable bonds is 1. The van der Waals surface area contributed by atoms with Gasteiger partial charge < -0.3 is 5.73 Å². The Morgan fingerprint density at radius 1 is 1.75 bits per heavy atom. The van der Waals surface area contributed by atoms with Crippen molar-refractivity contribution in [1.29, 1.82) is 0 Å². The van der Waals surface area contributed by atoms with E-state index >= 15 is 0 Å². The molecule has 1 aromatic rings. The van der Waals surface area contributed by atoms with Gasteiger partial charge in [0.15, 0.2) is 0 Å². The summed E-state index contributed by atoms with van der Waals surface area (Å²) in [6.45, 7) is 0.370. The van der Waals surface area contributed by atoms with Crippen LogP contribution in [0.25, 0.3) is 0 Å². The Labute approximate surface area is 55.6 Å². The summed E-state index contributed by atoms with van der Waals surface area (Å²) in [6, 6.07) is 0. The van der Waals surface area contributed by atoms with Gasteiger partial charge >= 0.3 is 0 Å². The first-order valence-electron chi connectivity index (χ1n) is 2.01. The molecular weight excluding hydrogens is 146 g/mol. The smallest absolute Gasteiger partial charge is 0.138 e. The van der Waals surface area contributed by atoms with Crippen LogP contribution in [0.15, 0.2) is 0 Å². The van der Waals surface area contributed by atoms with Crippen LogP contribution in [0.3, 0.4) is 0 Å². The lowest BCUT2D eigenvalue weighted by Gasteiger charge is -1.81. The Hall–Kier alpha value is -0.190. The van der Waals surface area contributed by atoms with E-state index in [1.54, 1.807) is 0 Å². The fraction of sp³-hybridized carbons (Fsp3) is 0.333. The molecule has 1 rings (SSSR count). The second-order valence-electron chi connectivity index (χ2n) is 1.20. The van der Waals surface area contributed by atoms with E-state index in [0.717, 1.165) is 11.5 Å². The van der Waals surface area contributed by atoms with E-state index < -0.39 is 0 Å². The van der Waals surface area contributed by atoms with Crippen molar-refractivity contribution in [1.82, 2.24) is 9.59 Å². The Morgan fingerprint density at radius 2 is 2.50 bits per heavy atom. The van der Waals surface area contributed by atoms with Crippen LogP contribution >= 0.6 is 23.1 Å². The van der Waals surface area contributed by atoms with E-state index in [-0.39, 0.29) is 0 Å². The average molecular weight is 150 g/mol. The van der Waals surface area contributed by atoms with Crippen LogP contribution in [0.4, 0.5) is 0 Å². The molecule has 2 N–H and O–H groups in total. The van der Waals surface area contributed by atoms with Crippen LogP contribution < -0.4 is 5.73 Å². The molecule has 0 radical (unpaired) electrons. The molecule has 0 bridgehead atoms. The highest BCUT2D eigenvalue weighted by atomic mass is 35.5. The van der Waals surface area contributed by atoms with E-state index in [9.17, 15) is 0 Å². The van der Waals surface area contributed by atoms with Crippen molar-refractivity contribution in [3.05, 3.63) is 10.0 Å². The van der Waals surface area contributed by atoms with E-state index in [4.69, 9.17) is 17.3 Å². The van der Waals surface area contributed by atoms with Crippen LogP contribution in [-0.2, 0) is 6.54 Å². The van der Waals surface area contributed by atoms with E-state index in [2.05, 4.69) is 9.59 Å². The topological polar surface area (TPSA) is 51.8 Å². The van der Waals surface area contributed by atoms with Crippen LogP contribution in [0, 0.1) is 0 Å². The molecular formula is C3H4ClN3S. The van der Waals surface area contributed by atoms with Crippen molar-refractivity contribution in [3.8, 4) is 0 Å². The lowest BCUT2D eigenvalue weighted by molar-refractivity contribution is 0.958. The van der Waals surface area contributed by atoms with Crippen molar-refractivity contribution in [2.24, 2.45) is 5.73 Å². The highest BCUT2D eigenvalue weighted by Crippen LogP contribution is 2.15. The number of nitrogens with zero attached hydrogens (tertiary/aromatic N) is 2. The fourth-order valence-corrected chi connectivity index (χ4v) is 0.967. The number of hydrogen-bond donors (Lipinski definition) is 1. The maximum absolute atomic E-state index is 5.55. The highest BCUT2D eigenvalue weighted by Gasteiger charge is 1.99. The van der Waals surface area contributed by atoms with Crippen molar-refractivity contribution >= 4 is 23.1 Å². The number of halogens is 1. The molecule has 0 aliphatic carbocycles. The molecule has 1 heterocycles. The first kappa shape index (κ1) is 5.94. The van der Waals surface area contributed by atoms with Gasteiger partial charge in [-0.3, -0.25) is 0 Å². The molecule has 0 fully saturated rings. The van der Waals surface area contributed by atoms with Gasteiger partial charge in [-0.25, -0.2) is 0 Å². The van der Waals surface area contributed by atoms with Gasteiger partial charge in [-0.05, 0) is 0 Å². The Bertz CT molecular complexity index is 175. The largest absolute Gasteiger partial charge is 0.325 e. The Balaban J connectivity index is 2.92. The van der Waals surface area contributed by atoms with Crippen LogP contribution in [0.1, 0.15) is 5.69 Å². The normalized spacial score (nSPS) is 9.75. The third kappa shape index (κ3) is 0.964. The van der Waals surface area contributed by atoms with E-state index in [1.807, 2.05) is 0 Å². The second-order valence-corrected chi connectivity index (χ2v) is 2.55. The molecule has 0 aliphatic rings. The maximum atomic E-state index is 5.55. The SMILES string of the molecule is NCc1nnsc1Cl. The molecule has 0 atom stereocenters. The van der Waals surface area contributed by atoms with E-state index in [1.165, 1.54) is 0 Å². The summed E-state index contributed by atoms with van der Waals surface area (Å²) in [5.74, 6) is 0. The minimum atomic E-state index is 0.370. The minimum Gasteiger partial charge on any atom is -0.325 e. The minimum absolute atomic E-state index is 0.370. The standard InChI is InChI=1S/C3H4ClN3S/c4-3-2(1-5)6-7-8-3/h1,5H2. The Morgan fingerprint density at radius 3 is 2.75 bits per heavy atom. The summed E-state index contributed by atoms with van der Waals surface area (Å²) < 4.78 is 4.16. The number of aromatic nitrogens is 2. The molecule has 0 amide bonds. The zero-order valence-corrected chi connectivity index (χ0v) is 5.54. The van der Waals surface area contributed by atoms with Gasteiger partial charge in [-0.15, -0.1) is 5.10 Å². The third-order valence-electron chi connectivity index (χ3n) is 0.703. The molecule has 44 valence electrons. The van der Waals surface area contributed by atoms with Gasteiger partial charge in [0.25, 0.3) is 0 Å². The molecule has 1 aromatic heterocycles. The number of hydrogen-bond acceptors (Lipinski definition) is 4. The first-order chi connectivity index (χ1) is 3.84. The summed E-state index contributed by atoms with van der Waals surface area (Å²) in [5, 5.41) is 3.65. The van der Waals surface area contributed by atoms with Crippen LogP contribution in [0.5, 0.6) is 0 Å². The van der Waals surface area contributed by atoms with Gasteiger partial charge in [-0.2, -0.15) is 0 Å². The average Bonchev–Trinajstić information content (AvgIpc) is 2.14. The van der Waals surface area contributed by atoms with Crippen molar-refractivity contribution in [2.45, 2.75) is 6.54 Å². The predicted octanol–water partition coefficient (Wildman–Crippen LogP) is 0.650. The third-order valence-corrected chi connectivity index (χ3v) is 1.69. The lowest BCUT2D eigenvalue weighted by atomic mass is 10.5. The molecule has 0 saturated carbocycles. The van der Waals surface area contributed by atoms with Crippen LogP contribution in [-0.4, -0.2) is 9.59 Å². The molecule has 0 saturated heterocycles. The number of nitrogens with two attached hydrogens (primary N) is 1. The van der Waals surface area contributed by atoms with Crippen molar-refractivity contribution < 1.29 is 0 Å². The zero-order chi connectivity index (χ0) is 5.98. The summed E-state index contributed by atoms with van der Waals surface area (Å²) >= 11 is 6.71. The quantitative estimate of drug-likeness (QED) is 0.638. The summed E-state index contributed by atoms with van der Waals surface area (Å²) in [6.07, 6.45) is 0. The van der Waals surface area contributed by atoms with Crippen LogP contribution in [0.2, 0.25) is 4.34 Å². The summed E-state index contributed by atoms with van der Waals surface area (Å²) in [5.41, 5.74) is 5.89. The summed E-state index contributed by atoms with van der Waals surface area (Å²) in [7, 11) is 0. The van der Waals surface area contributed by atoms with Crippen molar-refractivity contribution in [3.63, 3.8) is 0 Å². The summed E-state index contributed by atoms with van der Waals surface area (Å²) in [4.78, 5) is 0. The molecule has 0 unspecified atom stereocenters. The highest BCUT2D eigenvalue weighted by molar-refractivity contribution is 7.10. The zero-order valence-electron chi connectivity index (χ0n) is 3.97. The van der Waals surface area contributed by atoms with Gasteiger partial charge in [0.2, 0.25) is 0 Å². The van der Waals surface area contributed by atoms with Gasteiger partial charge in [0.1, 0.15) is 10.0 Å². The second kappa shape index (κ2) is 2.39. The Kier molecular flexibility index (Phi) is 1.77. The molecule has 8 heavy (non-hydrogen) atoms. The van der Waals surface area contributed by atoms with Crippen molar-refractivity contribution in [2.75, 3.05) is 0 Å². The molecule has 5 heteroatoms. The molecule has 0 spiro atoms. The molecule has 0 aromatic carbocycles. The van der Waals surface area contributed by atoms with Gasteiger partial charge in [0.05, 0.1) is 0 Å². The predicted molar refractivity (Wildman–Crippen MR) is 32.8 cm³/mol. The lowest BCUT2D eigenvalue weighted by Crippen LogP contribution is -1.96. The monoisotopic (exact) mass is 149 g/mol. The maximum Gasteiger partial charge on any atom is 0.138 e. The first-order valence-corrected chi connectivity index (χ1v) is 3.16.